The molecule has 0 radical (unpaired) electrons. The maximum absolute atomic E-state index is 13.4. The summed E-state index contributed by atoms with van der Waals surface area (Å²) in [6.45, 7) is 2.25. The number of piperidine rings is 1. The number of likely N-dealkylation sites (tertiary alicyclic amines) is 1. The molecule has 2 aromatic rings. The molecule has 1 spiro atoms. The number of methoxy groups -OCH3 is 1. The van der Waals surface area contributed by atoms with Crippen LogP contribution in [0.1, 0.15) is 42.6 Å². The smallest absolute Gasteiger partial charge is 0.245 e. The summed E-state index contributed by atoms with van der Waals surface area (Å²) >= 11 is 1.69. The van der Waals surface area contributed by atoms with Crippen molar-refractivity contribution in [1.82, 2.24) is 25.5 Å². The standard InChI is InChI=1S/C25H35N5O3S/c1-33-19-6-3-18(4-7-19)5-8-22(31)29-21(10-16-34-2)24(32)30-14-11-25(12-15-30)23-20(9-13-28-25)26-17-27-23/h3-4,6-7,17,21,28H,5,8-16H2,1-2H3,(H,26,27)(H,29,31). The van der Waals surface area contributed by atoms with Crippen LogP contribution in [0.3, 0.4) is 0 Å². The molecule has 1 aromatic carbocycles. The zero-order valence-corrected chi connectivity index (χ0v) is 20.9. The number of benzene rings is 1. The average Bonchev–Trinajstić information content (AvgIpc) is 3.36. The van der Waals surface area contributed by atoms with E-state index in [-0.39, 0.29) is 17.4 Å². The first-order valence-electron chi connectivity index (χ1n) is 12.0. The topological polar surface area (TPSA) is 99.4 Å². The number of carbonyl (C=O) groups is 2. The van der Waals surface area contributed by atoms with E-state index in [0.717, 1.165) is 48.6 Å². The Labute approximate surface area is 205 Å². The fourth-order valence-corrected chi connectivity index (χ4v) is 5.46. The van der Waals surface area contributed by atoms with Gasteiger partial charge in [0.1, 0.15) is 11.8 Å². The molecule has 2 aliphatic rings. The lowest BCUT2D eigenvalue weighted by Gasteiger charge is -2.44. The van der Waals surface area contributed by atoms with E-state index < -0.39 is 6.04 Å². The molecule has 1 saturated heterocycles. The number of fused-ring (bicyclic) bond motifs is 2. The Morgan fingerprint density at radius 3 is 2.74 bits per heavy atom. The van der Waals surface area contributed by atoms with E-state index in [0.29, 0.717) is 32.4 Å². The molecule has 4 rings (SSSR count). The maximum atomic E-state index is 13.4. The van der Waals surface area contributed by atoms with Crippen molar-refractivity contribution in [2.45, 2.75) is 50.1 Å². The van der Waals surface area contributed by atoms with E-state index in [1.165, 1.54) is 5.69 Å². The van der Waals surface area contributed by atoms with Gasteiger partial charge in [-0.1, -0.05) is 12.1 Å². The lowest BCUT2D eigenvalue weighted by atomic mass is 9.80. The molecule has 1 aromatic heterocycles. The number of hydrogen-bond donors (Lipinski definition) is 3. The van der Waals surface area contributed by atoms with Crippen LogP contribution in [0.15, 0.2) is 30.6 Å². The third kappa shape index (κ3) is 5.58. The van der Waals surface area contributed by atoms with Crippen LogP contribution >= 0.6 is 11.8 Å². The largest absolute Gasteiger partial charge is 0.497 e. The van der Waals surface area contributed by atoms with E-state index in [9.17, 15) is 9.59 Å². The second kappa shape index (κ2) is 11.3. The molecule has 1 atom stereocenters. The van der Waals surface area contributed by atoms with Gasteiger partial charge < -0.3 is 25.3 Å². The Kier molecular flexibility index (Phi) is 8.15. The fraction of sp³-hybridized carbons (Fsp3) is 0.560. The van der Waals surface area contributed by atoms with Gasteiger partial charge in [-0.2, -0.15) is 11.8 Å². The molecule has 0 bridgehead atoms. The highest BCUT2D eigenvalue weighted by Crippen LogP contribution is 2.36. The minimum absolute atomic E-state index is 0.0276. The first-order chi connectivity index (χ1) is 16.5. The van der Waals surface area contributed by atoms with E-state index in [1.807, 2.05) is 35.4 Å². The second-order valence-electron chi connectivity index (χ2n) is 9.06. The summed E-state index contributed by atoms with van der Waals surface area (Å²) < 4.78 is 5.19. The zero-order valence-electron chi connectivity index (χ0n) is 20.1. The number of H-pyrrole nitrogens is 1. The van der Waals surface area contributed by atoms with Gasteiger partial charge in [-0.05, 0) is 55.4 Å². The molecule has 8 nitrogen and oxygen atoms in total. The van der Waals surface area contributed by atoms with Crippen molar-refractivity contribution in [2.24, 2.45) is 0 Å². The molecular formula is C25H35N5O3S. The molecule has 34 heavy (non-hydrogen) atoms. The van der Waals surface area contributed by atoms with E-state index in [2.05, 4.69) is 20.6 Å². The number of imidazole rings is 1. The van der Waals surface area contributed by atoms with Crippen LogP contribution in [-0.2, 0) is 28.0 Å². The van der Waals surface area contributed by atoms with Crippen molar-refractivity contribution in [3.63, 3.8) is 0 Å². The van der Waals surface area contributed by atoms with Crippen molar-refractivity contribution in [2.75, 3.05) is 38.8 Å². The van der Waals surface area contributed by atoms with Crippen LogP contribution in [0.5, 0.6) is 5.75 Å². The number of aromatic amines is 1. The fourth-order valence-electron chi connectivity index (χ4n) is 4.99. The number of aryl methyl sites for hydroxylation is 1. The summed E-state index contributed by atoms with van der Waals surface area (Å²) in [4.78, 5) is 35.9. The maximum Gasteiger partial charge on any atom is 0.245 e. The van der Waals surface area contributed by atoms with Gasteiger partial charge in [-0.25, -0.2) is 4.98 Å². The Bertz CT molecular complexity index is 969. The molecule has 2 aliphatic heterocycles. The molecule has 1 unspecified atom stereocenters. The number of amides is 2. The van der Waals surface area contributed by atoms with E-state index in [1.54, 1.807) is 25.2 Å². The van der Waals surface area contributed by atoms with Gasteiger partial charge in [0.05, 0.1) is 24.7 Å². The summed E-state index contributed by atoms with van der Waals surface area (Å²) in [5.41, 5.74) is 3.24. The van der Waals surface area contributed by atoms with Gasteiger partial charge >= 0.3 is 0 Å². The number of rotatable bonds is 9. The number of thioether (sulfide) groups is 1. The minimum Gasteiger partial charge on any atom is -0.497 e. The Morgan fingerprint density at radius 2 is 2.03 bits per heavy atom. The Balaban J connectivity index is 1.33. The summed E-state index contributed by atoms with van der Waals surface area (Å²) in [7, 11) is 1.64. The highest BCUT2D eigenvalue weighted by atomic mass is 32.2. The van der Waals surface area contributed by atoms with Gasteiger partial charge in [-0.3, -0.25) is 9.59 Å². The normalized spacial score (nSPS) is 17.8. The van der Waals surface area contributed by atoms with Crippen molar-refractivity contribution in [3.05, 3.63) is 47.5 Å². The predicted molar refractivity (Wildman–Crippen MR) is 134 cm³/mol. The summed E-state index contributed by atoms with van der Waals surface area (Å²) in [6, 6.07) is 7.25. The molecule has 0 saturated carbocycles. The third-order valence-electron chi connectivity index (χ3n) is 6.98. The van der Waals surface area contributed by atoms with Crippen LogP contribution in [0.25, 0.3) is 0 Å². The second-order valence-corrected chi connectivity index (χ2v) is 10.0. The Morgan fingerprint density at radius 1 is 1.26 bits per heavy atom. The van der Waals surface area contributed by atoms with Crippen molar-refractivity contribution in [1.29, 1.82) is 0 Å². The molecule has 2 amide bonds. The monoisotopic (exact) mass is 485 g/mol. The first kappa shape index (κ1) is 24.6. The SMILES string of the molecule is COc1ccc(CCC(=O)NC(CCSC)C(=O)N2CCC3(CC2)NCCc2[nH]cnc23)cc1. The van der Waals surface area contributed by atoms with Gasteiger partial charge in [-0.15, -0.1) is 0 Å². The summed E-state index contributed by atoms with van der Waals surface area (Å²) in [5.74, 6) is 1.57. The number of aromatic nitrogens is 2. The highest BCUT2D eigenvalue weighted by molar-refractivity contribution is 7.98. The summed E-state index contributed by atoms with van der Waals surface area (Å²) in [6.07, 6.45) is 8.03. The van der Waals surface area contributed by atoms with Crippen LogP contribution < -0.4 is 15.4 Å². The highest BCUT2D eigenvalue weighted by Gasteiger charge is 2.42. The zero-order chi connectivity index (χ0) is 24.0. The van der Waals surface area contributed by atoms with Crippen LogP contribution in [0.4, 0.5) is 0 Å². The van der Waals surface area contributed by atoms with Crippen molar-refractivity contribution >= 4 is 23.6 Å². The number of nitrogens with one attached hydrogen (secondary N) is 3. The van der Waals surface area contributed by atoms with E-state index in [4.69, 9.17) is 4.74 Å². The van der Waals surface area contributed by atoms with Gasteiger partial charge in [0, 0.05) is 38.2 Å². The first-order valence-corrected chi connectivity index (χ1v) is 13.4. The minimum atomic E-state index is -0.481. The molecule has 3 N–H and O–H groups in total. The number of ether oxygens (including phenoxy) is 1. The van der Waals surface area contributed by atoms with Crippen molar-refractivity contribution in [3.8, 4) is 5.75 Å². The van der Waals surface area contributed by atoms with Gasteiger partial charge in [0.2, 0.25) is 11.8 Å². The van der Waals surface area contributed by atoms with Crippen LogP contribution in [-0.4, -0.2) is 71.5 Å². The molecule has 9 heteroatoms. The predicted octanol–water partition coefficient (Wildman–Crippen LogP) is 2.25. The third-order valence-corrected chi connectivity index (χ3v) is 7.63. The number of nitrogens with zero attached hydrogens (tertiary/aromatic N) is 2. The summed E-state index contributed by atoms with van der Waals surface area (Å²) in [5, 5.41) is 6.69. The number of carbonyl (C=O) groups excluding carboxylic acids is 2. The van der Waals surface area contributed by atoms with Gasteiger partial charge in [0.15, 0.2) is 0 Å². The molecule has 1 fully saturated rings. The molecule has 184 valence electrons. The molecule has 3 heterocycles. The lowest BCUT2D eigenvalue weighted by molar-refractivity contribution is -0.138. The molecule has 0 aliphatic carbocycles. The van der Waals surface area contributed by atoms with Crippen molar-refractivity contribution < 1.29 is 14.3 Å². The van der Waals surface area contributed by atoms with Crippen LogP contribution in [0, 0.1) is 0 Å². The molecular weight excluding hydrogens is 450 g/mol. The lowest BCUT2D eigenvalue weighted by Crippen LogP contribution is -2.57. The van der Waals surface area contributed by atoms with E-state index >= 15 is 0 Å². The quantitative estimate of drug-likeness (QED) is 0.504. The van der Waals surface area contributed by atoms with Gasteiger partial charge in [0.25, 0.3) is 0 Å². The average molecular weight is 486 g/mol. The van der Waals surface area contributed by atoms with Crippen LogP contribution in [0.2, 0.25) is 0 Å². The Hall–Kier alpha value is -2.52. The number of hydrogen-bond acceptors (Lipinski definition) is 6.